The molecule has 0 spiro atoms. The Kier molecular flexibility index (Phi) is 5.26. The molecular formula is C17H19BrO3. The molecule has 0 aliphatic carbocycles. The lowest BCUT2D eigenvalue weighted by molar-refractivity contribution is 0.147. The third kappa shape index (κ3) is 3.39. The average Bonchev–Trinajstić information content (AvgIpc) is 2.54. The van der Waals surface area contributed by atoms with E-state index >= 15 is 0 Å². The molecule has 0 aliphatic heterocycles. The molecule has 0 aliphatic rings. The van der Waals surface area contributed by atoms with Crippen LogP contribution >= 0.6 is 15.9 Å². The highest BCUT2D eigenvalue weighted by molar-refractivity contribution is 9.10. The molecule has 2 atom stereocenters. The Hall–Kier alpha value is -1.52. The van der Waals surface area contributed by atoms with Gasteiger partial charge >= 0.3 is 0 Å². The molecule has 0 saturated carbocycles. The van der Waals surface area contributed by atoms with Crippen LogP contribution in [0.1, 0.15) is 30.1 Å². The first-order valence-electron chi connectivity index (χ1n) is 6.73. The number of rotatable bonds is 5. The predicted molar refractivity (Wildman–Crippen MR) is 87.1 cm³/mol. The summed E-state index contributed by atoms with van der Waals surface area (Å²) in [5.41, 5.74) is 1.79. The van der Waals surface area contributed by atoms with Gasteiger partial charge in [0.15, 0.2) is 0 Å². The average molecular weight is 351 g/mol. The van der Waals surface area contributed by atoms with Crippen LogP contribution in [-0.4, -0.2) is 19.3 Å². The highest BCUT2D eigenvalue weighted by atomic mass is 79.9. The van der Waals surface area contributed by atoms with Gasteiger partial charge in [0.1, 0.15) is 11.5 Å². The number of aliphatic hydroxyl groups is 1. The van der Waals surface area contributed by atoms with Crippen LogP contribution < -0.4 is 9.47 Å². The van der Waals surface area contributed by atoms with E-state index < -0.39 is 6.10 Å². The second-order valence-electron chi connectivity index (χ2n) is 4.87. The molecule has 0 radical (unpaired) electrons. The van der Waals surface area contributed by atoms with Crippen molar-refractivity contribution in [3.63, 3.8) is 0 Å². The molecule has 0 heterocycles. The minimum Gasteiger partial charge on any atom is -0.496 e. The topological polar surface area (TPSA) is 38.7 Å². The Bertz CT molecular complexity index is 598. The molecule has 0 fully saturated rings. The summed E-state index contributed by atoms with van der Waals surface area (Å²) in [4.78, 5) is 0. The number of hydrogen-bond acceptors (Lipinski definition) is 3. The highest BCUT2D eigenvalue weighted by Gasteiger charge is 2.23. The van der Waals surface area contributed by atoms with E-state index in [1.54, 1.807) is 14.2 Å². The van der Waals surface area contributed by atoms with Crippen molar-refractivity contribution in [2.45, 2.75) is 18.9 Å². The Morgan fingerprint density at radius 1 is 1.00 bits per heavy atom. The summed E-state index contributed by atoms with van der Waals surface area (Å²) in [6.07, 6.45) is -0.677. The fraction of sp³-hybridized carbons (Fsp3) is 0.294. The number of halogens is 1. The van der Waals surface area contributed by atoms with Gasteiger partial charge in [0.25, 0.3) is 0 Å². The molecule has 2 aromatic carbocycles. The molecule has 3 nitrogen and oxygen atoms in total. The smallest absolute Gasteiger partial charge is 0.133 e. The Labute approximate surface area is 133 Å². The fourth-order valence-electron chi connectivity index (χ4n) is 2.32. The van der Waals surface area contributed by atoms with Crippen molar-refractivity contribution in [2.75, 3.05) is 14.2 Å². The monoisotopic (exact) mass is 350 g/mol. The zero-order valence-corrected chi connectivity index (χ0v) is 13.9. The fourth-order valence-corrected chi connectivity index (χ4v) is 2.81. The van der Waals surface area contributed by atoms with E-state index in [9.17, 15) is 5.11 Å². The van der Waals surface area contributed by atoms with Crippen LogP contribution in [0.5, 0.6) is 11.5 Å². The maximum Gasteiger partial charge on any atom is 0.133 e. The third-order valence-electron chi connectivity index (χ3n) is 3.62. The minimum atomic E-state index is -0.677. The van der Waals surface area contributed by atoms with E-state index in [1.807, 2.05) is 49.4 Å². The van der Waals surface area contributed by atoms with E-state index in [2.05, 4.69) is 15.9 Å². The zero-order chi connectivity index (χ0) is 15.4. The van der Waals surface area contributed by atoms with Gasteiger partial charge in [0.05, 0.1) is 24.8 Å². The molecule has 2 aromatic rings. The van der Waals surface area contributed by atoms with Gasteiger partial charge in [-0.2, -0.15) is 0 Å². The number of ether oxygens (including phenoxy) is 2. The molecule has 0 saturated heterocycles. The van der Waals surface area contributed by atoms with Crippen LogP contribution in [0.15, 0.2) is 46.9 Å². The standard InChI is InChI=1S/C17H19BrO3/c1-11(12-7-5-4-6-8-12)17(19)13-9-16(21-3)14(18)10-15(13)20-2/h4-11,17,19H,1-3H3. The highest BCUT2D eigenvalue weighted by Crippen LogP contribution is 2.40. The lowest BCUT2D eigenvalue weighted by atomic mass is 9.90. The van der Waals surface area contributed by atoms with Crippen molar-refractivity contribution >= 4 is 15.9 Å². The second-order valence-corrected chi connectivity index (χ2v) is 5.73. The SMILES string of the molecule is COc1cc(C(O)C(C)c2ccccc2)c(OC)cc1Br. The second kappa shape index (κ2) is 6.96. The molecule has 4 heteroatoms. The van der Waals surface area contributed by atoms with Crippen LogP contribution in [0, 0.1) is 0 Å². The van der Waals surface area contributed by atoms with Crippen LogP contribution in [0.25, 0.3) is 0 Å². The van der Waals surface area contributed by atoms with Crippen molar-refractivity contribution in [1.29, 1.82) is 0 Å². The first-order chi connectivity index (χ1) is 10.1. The van der Waals surface area contributed by atoms with Gasteiger partial charge in [0.2, 0.25) is 0 Å². The van der Waals surface area contributed by atoms with Crippen molar-refractivity contribution in [1.82, 2.24) is 0 Å². The number of aliphatic hydroxyl groups excluding tert-OH is 1. The van der Waals surface area contributed by atoms with Crippen molar-refractivity contribution in [3.05, 3.63) is 58.1 Å². The van der Waals surface area contributed by atoms with Gasteiger partial charge in [-0.05, 0) is 33.6 Å². The van der Waals surface area contributed by atoms with Crippen molar-refractivity contribution in [2.24, 2.45) is 0 Å². The summed E-state index contributed by atoms with van der Waals surface area (Å²) in [6.45, 7) is 1.99. The van der Waals surface area contributed by atoms with Gasteiger partial charge in [-0.3, -0.25) is 0 Å². The predicted octanol–water partition coefficient (Wildman–Crippen LogP) is 4.30. The normalized spacial score (nSPS) is 13.6. The number of benzene rings is 2. The van der Waals surface area contributed by atoms with Crippen molar-refractivity contribution < 1.29 is 14.6 Å². The maximum atomic E-state index is 10.7. The maximum absolute atomic E-state index is 10.7. The van der Waals surface area contributed by atoms with E-state index in [-0.39, 0.29) is 5.92 Å². The van der Waals surface area contributed by atoms with Crippen LogP contribution in [-0.2, 0) is 0 Å². The largest absolute Gasteiger partial charge is 0.496 e. The Morgan fingerprint density at radius 3 is 2.19 bits per heavy atom. The molecule has 21 heavy (non-hydrogen) atoms. The lowest BCUT2D eigenvalue weighted by Crippen LogP contribution is -2.09. The summed E-state index contributed by atoms with van der Waals surface area (Å²) in [6, 6.07) is 13.6. The molecule has 112 valence electrons. The first kappa shape index (κ1) is 15.9. The summed E-state index contributed by atoms with van der Waals surface area (Å²) < 4.78 is 11.5. The molecule has 0 bridgehead atoms. The van der Waals surface area contributed by atoms with E-state index in [0.29, 0.717) is 17.1 Å². The molecule has 2 unspecified atom stereocenters. The minimum absolute atomic E-state index is 0.0500. The molecule has 2 rings (SSSR count). The summed E-state index contributed by atoms with van der Waals surface area (Å²) in [5.74, 6) is 1.26. The van der Waals surface area contributed by atoms with Gasteiger partial charge in [-0.25, -0.2) is 0 Å². The molecular weight excluding hydrogens is 332 g/mol. The lowest BCUT2D eigenvalue weighted by Gasteiger charge is -2.22. The first-order valence-corrected chi connectivity index (χ1v) is 7.52. The summed E-state index contributed by atoms with van der Waals surface area (Å²) in [7, 11) is 3.20. The number of methoxy groups -OCH3 is 2. The summed E-state index contributed by atoms with van der Waals surface area (Å²) in [5, 5.41) is 10.7. The van der Waals surface area contributed by atoms with Gasteiger partial charge in [0, 0.05) is 11.5 Å². The van der Waals surface area contributed by atoms with E-state index in [4.69, 9.17) is 9.47 Å². The van der Waals surface area contributed by atoms with Gasteiger partial charge in [-0.1, -0.05) is 37.3 Å². The quantitative estimate of drug-likeness (QED) is 0.873. The van der Waals surface area contributed by atoms with Gasteiger partial charge < -0.3 is 14.6 Å². The van der Waals surface area contributed by atoms with E-state index in [1.165, 1.54) is 0 Å². The van der Waals surface area contributed by atoms with Crippen LogP contribution in [0.4, 0.5) is 0 Å². The van der Waals surface area contributed by atoms with Crippen LogP contribution in [0.3, 0.4) is 0 Å². The van der Waals surface area contributed by atoms with E-state index in [0.717, 1.165) is 10.0 Å². The van der Waals surface area contributed by atoms with Gasteiger partial charge in [-0.15, -0.1) is 0 Å². The van der Waals surface area contributed by atoms with Crippen LogP contribution in [0.2, 0.25) is 0 Å². The Balaban J connectivity index is 2.40. The Morgan fingerprint density at radius 2 is 1.62 bits per heavy atom. The molecule has 0 amide bonds. The molecule has 0 aromatic heterocycles. The number of hydrogen-bond donors (Lipinski definition) is 1. The van der Waals surface area contributed by atoms with Crippen molar-refractivity contribution in [3.8, 4) is 11.5 Å². The molecule has 1 N–H and O–H groups in total. The summed E-state index contributed by atoms with van der Waals surface area (Å²) >= 11 is 3.43. The third-order valence-corrected chi connectivity index (χ3v) is 4.24. The zero-order valence-electron chi connectivity index (χ0n) is 12.3.